The first-order valence-corrected chi connectivity index (χ1v) is 6.81. The third-order valence-electron chi connectivity index (χ3n) is 3.73. The predicted octanol–water partition coefficient (Wildman–Crippen LogP) is 2.69. The Morgan fingerprint density at radius 2 is 2.10 bits per heavy atom. The zero-order valence-corrected chi connectivity index (χ0v) is 11.3. The molecule has 2 rings (SSSR count). The third-order valence-corrected chi connectivity index (χ3v) is 3.73. The van der Waals surface area contributed by atoms with Gasteiger partial charge < -0.3 is 11.1 Å². The molecule has 1 aliphatic rings. The number of benzene rings is 1. The Morgan fingerprint density at radius 3 is 2.75 bits per heavy atom. The molecule has 1 aromatic rings. The molecule has 1 saturated carbocycles. The van der Waals surface area contributed by atoms with Crippen LogP contribution in [0, 0.1) is 17.1 Å². The van der Waals surface area contributed by atoms with Crippen molar-refractivity contribution in [1.29, 1.82) is 5.26 Å². The molecule has 0 bridgehead atoms. The quantitative estimate of drug-likeness (QED) is 0.890. The van der Waals surface area contributed by atoms with E-state index < -0.39 is 11.4 Å². The van der Waals surface area contributed by atoms with Crippen LogP contribution in [-0.4, -0.2) is 11.4 Å². The van der Waals surface area contributed by atoms with Crippen molar-refractivity contribution < 1.29 is 9.18 Å². The van der Waals surface area contributed by atoms with Crippen LogP contribution in [0.2, 0.25) is 0 Å². The highest BCUT2D eigenvalue weighted by molar-refractivity contribution is 5.91. The number of nitriles is 1. The highest BCUT2D eigenvalue weighted by atomic mass is 19.1. The second-order valence-corrected chi connectivity index (χ2v) is 5.45. The number of anilines is 1. The maximum Gasteiger partial charge on any atom is 0.226 e. The average molecular weight is 275 g/mol. The van der Waals surface area contributed by atoms with E-state index in [0.29, 0.717) is 5.69 Å². The van der Waals surface area contributed by atoms with Gasteiger partial charge in [-0.15, -0.1) is 0 Å². The van der Waals surface area contributed by atoms with E-state index in [9.17, 15) is 9.18 Å². The van der Waals surface area contributed by atoms with Crippen molar-refractivity contribution in [2.24, 2.45) is 5.73 Å². The first-order chi connectivity index (χ1) is 9.52. The Kier molecular flexibility index (Phi) is 4.35. The van der Waals surface area contributed by atoms with E-state index in [0.717, 1.165) is 25.7 Å². The summed E-state index contributed by atoms with van der Waals surface area (Å²) in [6, 6.07) is 5.69. The fourth-order valence-electron chi connectivity index (χ4n) is 2.65. The van der Waals surface area contributed by atoms with Gasteiger partial charge in [0.15, 0.2) is 0 Å². The third kappa shape index (κ3) is 3.55. The monoisotopic (exact) mass is 275 g/mol. The number of nitrogens with one attached hydrogen (secondary N) is 1. The van der Waals surface area contributed by atoms with Crippen LogP contribution in [0.5, 0.6) is 0 Å². The Hall–Kier alpha value is -1.93. The van der Waals surface area contributed by atoms with E-state index in [-0.39, 0.29) is 17.9 Å². The molecule has 0 spiro atoms. The number of nitrogens with zero attached hydrogens (tertiary/aromatic N) is 1. The number of rotatable bonds is 3. The Morgan fingerprint density at radius 1 is 1.40 bits per heavy atom. The smallest absolute Gasteiger partial charge is 0.226 e. The van der Waals surface area contributed by atoms with Crippen molar-refractivity contribution >= 4 is 11.6 Å². The van der Waals surface area contributed by atoms with Gasteiger partial charge in [0, 0.05) is 17.6 Å². The van der Waals surface area contributed by atoms with Crippen LogP contribution in [0.15, 0.2) is 18.2 Å². The summed E-state index contributed by atoms with van der Waals surface area (Å²) in [5, 5.41) is 11.4. The molecule has 0 aliphatic heterocycles. The standard InChI is InChI=1S/C15H18FN3O/c16-13-5-4-12(8-11(13)10-17)19-14(20)9-15(18)6-2-1-3-7-15/h4-5,8H,1-3,6-7,9,18H2,(H,19,20). The lowest BCUT2D eigenvalue weighted by molar-refractivity contribution is -0.117. The summed E-state index contributed by atoms with van der Waals surface area (Å²) in [4.78, 5) is 12.0. The Bertz CT molecular complexity index is 545. The van der Waals surface area contributed by atoms with E-state index >= 15 is 0 Å². The van der Waals surface area contributed by atoms with Crippen LogP contribution < -0.4 is 11.1 Å². The van der Waals surface area contributed by atoms with Gasteiger partial charge in [-0.05, 0) is 31.0 Å². The minimum Gasteiger partial charge on any atom is -0.326 e. The van der Waals surface area contributed by atoms with Crippen molar-refractivity contribution in [2.75, 3.05) is 5.32 Å². The molecule has 1 fully saturated rings. The largest absolute Gasteiger partial charge is 0.326 e. The Balaban J connectivity index is 1.99. The number of nitrogens with two attached hydrogens (primary N) is 1. The fraction of sp³-hybridized carbons (Fsp3) is 0.467. The van der Waals surface area contributed by atoms with Gasteiger partial charge in [0.05, 0.1) is 5.56 Å². The highest BCUT2D eigenvalue weighted by Crippen LogP contribution is 2.29. The van der Waals surface area contributed by atoms with Crippen molar-refractivity contribution in [3.63, 3.8) is 0 Å². The average Bonchev–Trinajstić information content (AvgIpc) is 2.41. The highest BCUT2D eigenvalue weighted by Gasteiger charge is 2.29. The van der Waals surface area contributed by atoms with Crippen LogP contribution in [0.25, 0.3) is 0 Å². The number of halogens is 1. The minimum atomic E-state index is -0.590. The molecule has 0 radical (unpaired) electrons. The van der Waals surface area contributed by atoms with Crippen LogP contribution in [-0.2, 0) is 4.79 Å². The molecule has 0 aromatic heterocycles. The van der Waals surface area contributed by atoms with E-state index in [2.05, 4.69) is 5.32 Å². The maximum absolute atomic E-state index is 13.2. The molecule has 0 heterocycles. The lowest BCUT2D eigenvalue weighted by Gasteiger charge is -2.32. The van der Waals surface area contributed by atoms with Gasteiger partial charge in [0.1, 0.15) is 11.9 Å². The molecule has 3 N–H and O–H groups in total. The summed E-state index contributed by atoms with van der Waals surface area (Å²) >= 11 is 0. The van der Waals surface area contributed by atoms with Crippen LogP contribution in [0.4, 0.5) is 10.1 Å². The van der Waals surface area contributed by atoms with Crippen molar-refractivity contribution in [3.8, 4) is 6.07 Å². The molecule has 0 atom stereocenters. The molecule has 106 valence electrons. The van der Waals surface area contributed by atoms with Crippen molar-refractivity contribution in [3.05, 3.63) is 29.6 Å². The molecule has 1 aliphatic carbocycles. The summed E-state index contributed by atoms with van der Waals surface area (Å²) in [7, 11) is 0. The van der Waals surface area contributed by atoms with Gasteiger partial charge in [-0.1, -0.05) is 19.3 Å². The molecule has 4 nitrogen and oxygen atoms in total. The molecule has 1 amide bonds. The zero-order valence-electron chi connectivity index (χ0n) is 11.3. The number of hydrogen-bond acceptors (Lipinski definition) is 3. The SMILES string of the molecule is N#Cc1cc(NC(=O)CC2(N)CCCCC2)ccc1F. The van der Waals surface area contributed by atoms with Gasteiger partial charge in [-0.3, -0.25) is 4.79 Å². The van der Waals surface area contributed by atoms with E-state index in [1.807, 2.05) is 0 Å². The minimum absolute atomic E-state index is 0.0806. The molecule has 1 aromatic carbocycles. The second kappa shape index (κ2) is 6.02. The van der Waals surface area contributed by atoms with Gasteiger partial charge in [-0.2, -0.15) is 5.26 Å². The summed E-state index contributed by atoms with van der Waals surface area (Å²) < 4.78 is 13.2. The van der Waals surface area contributed by atoms with E-state index in [4.69, 9.17) is 11.0 Å². The summed E-state index contributed by atoms with van der Waals surface area (Å²) in [5.41, 5.74) is 6.13. The number of hydrogen-bond donors (Lipinski definition) is 2. The topological polar surface area (TPSA) is 78.9 Å². The van der Waals surface area contributed by atoms with Crippen LogP contribution in [0.1, 0.15) is 44.1 Å². The molecule has 0 saturated heterocycles. The zero-order chi connectivity index (χ0) is 14.6. The maximum atomic E-state index is 13.2. The molecule has 5 heteroatoms. The van der Waals surface area contributed by atoms with Crippen LogP contribution >= 0.6 is 0 Å². The second-order valence-electron chi connectivity index (χ2n) is 5.45. The number of carbonyl (C=O) groups excluding carboxylic acids is 1. The molecule has 0 unspecified atom stereocenters. The number of amides is 1. The normalized spacial score (nSPS) is 17.2. The van der Waals surface area contributed by atoms with Crippen molar-refractivity contribution in [2.45, 2.75) is 44.1 Å². The molecule has 20 heavy (non-hydrogen) atoms. The Labute approximate surface area is 117 Å². The van der Waals surface area contributed by atoms with E-state index in [1.165, 1.54) is 24.6 Å². The van der Waals surface area contributed by atoms with Crippen LogP contribution in [0.3, 0.4) is 0 Å². The number of carbonyl (C=O) groups is 1. The first kappa shape index (κ1) is 14.5. The van der Waals surface area contributed by atoms with Crippen molar-refractivity contribution in [1.82, 2.24) is 0 Å². The van der Waals surface area contributed by atoms with Gasteiger partial charge >= 0.3 is 0 Å². The van der Waals surface area contributed by atoms with Gasteiger partial charge in [-0.25, -0.2) is 4.39 Å². The predicted molar refractivity (Wildman–Crippen MR) is 74.4 cm³/mol. The lowest BCUT2D eigenvalue weighted by atomic mass is 9.80. The lowest BCUT2D eigenvalue weighted by Crippen LogP contribution is -2.44. The fourth-order valence-corrected chi connectivity index (χ4v) is 2.65. The summed E-state index contributed by atoms with van der Waals surface area (Å²) in [6.07, 6.45) is 5.24. The summed E-state index contributed by atoms with van der Waals surface area (Å²) in [6.45, 7) is 0. The first-order valence-electron chi connectivity index (χ1n) is 6.81. The van der Waals surface area contributed by atoms with E-state index in [1.54, 1.807) is 6.07 Å². The summed E-state index contributed by atoms with van der Waals surface area (Å²) in [5.74, 6) is -0.780. The van der Waals surface area contributed by atoms with Gasteiger partial charge in [0.2, 0.25) is 5.91 Å². The molecular formula is C15H18FN3O. The molecular weight excluding hydrogens is 257 g/mol. The van der Waals surface area contributed by atoms with Gasteiger partial charge in [0.25, 0.3) is 0 Å².